The predicted octanol–water partition coefficient (Wildman–Crippen LogP) is 2.40. The number of rotatable bonds is 9. The largest absolute Gasteiger partial charge is 0.494 e. The number of hydrogen-bond donors (Lipinski definition) is 0. The lowest BCUT2D eigenvalue weighted by molar-refractivity contribution is 0.146. The zero-order valence-corrected chi connectivity index (χ0v) is 15.7. The van der Waals surface area contributed by atoms with Crippen molar-refractivity contribution in [3.8, 4) is 5.75 Å². The van der Waals surface area contributed by atoms with E-state index in [4.69, 9.17) is 21.1 Å². The van der Waals surface area contributed by atoms with E-state index < -0.39 is 10.2 Å². The minimum atomic E-state index is -3.45. The Balaban J connectivity index is 1.80. The van der Waals surface area contributed by atoms with Gasteiger partial charge in [0.2, 0.25) is 0 Å². The van der Waals surface area contributed by atoms with Crippen LogP contribution >= 0.6 is 11.6 Å². The molecule has 1 unspecified atom stereocenters. The Labute approximate surface area is 149 Å². The van der Waals surface area contributed by atoms with Gasteiger partial charge in [-0.2, -0.15) is 17.0 Å². The fourth-order valence-corrected chi connectivity index (χ4v) is 4.52. The van der Waals surface area contributed by atoms with Crippen LogP contribution in [0.2, 0.25) is 5.02 Å². The Hall–Kier alpha value is -0.860. The van der Waals surface area contributed by atoms with Gasteiger partial charge in [-0.1, -0.05) is 11.6 Å². The summed E-state index contributed by atoms with van der Waals surface area (Å²) in [5.41, 5.74) is 0. The molecule has 136 valence electrons. The van der Waals surface area contributed by atoms with E-state index in [1.807, 2.05) is 0 Å². The van der Waals surface area contributed by atoms with Crippen molar-refractivity contribution in [3.63, 3.8) is 0 Å². The summed E-state index contributed by atoms with van der Waals surface area (Å²) in [5, 5.41) is 0.657. The molecule has 8 heteroatoms. The van der Waals surface area contributed by atoms with E-state index in [1.165, 1.54) is 4.31 Å². The quantitative estimate of drug-likeness (QED) is 0.621. The standard InChI is InChI=1S/C16H25ClN2O4S/c1-18(10-4-12-23-16-8-6-14(17)7-9-16)24(20,21)19-11-3-5-15(19)13-22-2/h6-9,15H,3-5,10-13H2,1-2H3. The molecule has 1 saturated heterocycles. The summed E-state index contributed by atoms with van der Waals surface area (Å²) in [6, 6.07) is 7.05. The van der Waals surface area contributed by atoms with Crippen LogP contribution in [0.4, 0.5) is 0 Å². The molecular formula is C16H25ClN2O4S. The number of nitrogens with zero attached hydrogens (tertiary/aromatic N) is 2. The van der Waals surface area contributed by atoms with Crippen LogP contribution in [0, 0.1) is 0 Å². The van der Waals surface area contributed by atoms with Gasteiger partial charge in [-0.3, -0.25) is 0 Å². The van der Waals surface area contributed by atoms with Gasteiger partial charge >= 0.3 is 0 Å². The number of methoxy groups -OCH3 is 1. The summed E-state index contributed by atoms with van der Waals surface area (Å²) < 4.78 is 39.0. The lowest BCUT2D eigenvalue weighted by Gasteiger charge is -2.28. The van der Waals surface area contributed by atoms with Crippen molar-refractivity contribution in [2.45, 2.75) is 25.3 Å². The topological polar surface area (TPSA) is 59.1 Å². The van der Waals surface area contributed by atoms with E-state index in [0.717, 1.165) is 18.6 Å². The third-order valence-corrected chi connectivity index (χ3v) is 6.37. The number of ether oxygens (including phenoxy) is 2. The van der Waals surface area contributed by atoms with Gasteiger partial charge in [0, 0.05) is 38.3 Å². The predicted molar refractivity (Wildman–Crippen MR) is 94.7 cm³/mol. The molecule has 0 amide bonds. The van der Waals surface area contributed by atoms with Gasteiger partial charge in [0.15, 0.2) is 0 Å². The molecule has 0 aromatic heterocycles. The maximum Gasteiger partial charge on any atom is 0.282 e. The molecule has 1 aliphatic heterocycles. The molecule has 1 aromatic carbocycles. The van der Waals surface area contributed by atoms with Crippen LogP contribution in [0.1, 0.15) is 19.3 Å². The minimum absolute atomic E-state index is 0.0623. The zero-order valence-electron chi connectivity index (χ0n) is 14.2. The van der Waals surface area contributed by atoms with Crippen molar-refractivity contribution in [2.75, 3.05) is 40.5 Å². The lowest BCUT2D eigenvalue weighted by atomic mass is 10.2. The summed E-state index contributed by atoms with van der Waals surface area (Å²) in [4.78, 5) is 0. The summed E-state index contributed by atoms with van der Waals surface area (Å²) >= 11 is 5.82. The highest BCUT2D eigenvalue weighted by atomic mass is 35.5. The Bertz CT molecular complexity index is 609. The molecule has 0 bridgehead atoms. The Morgan fingerprint density at radius 2 is 2.04 bits per heavy atom. The smallest absolute Gasteiger partial charge is 0.282 e. The van der Waals surface area contributed by atoms with Gasteiger partial charge in [-0.05, 0) is 43.5 Å². The fourth-order valence-electron chi connectivity index (χ4n) is 2.77. The first kappa shape index (κ1) is 19.5. The van der Waals surface area contributed by atoms with Crippen LogP contribution in [-0.4, -0.2) is 63.5 Å². The molecule has 24 heavy (non-hydrogen) atoms. The van der Waals surface area contributed by atoms with Crippen molar-refractivity contribution < 1.29 is 17.9 Å². The van der Waals surface area contributed by atoms with E-state index in [2.05, 4.69) is 0 Å². The third-order valence-electron chi connectivity index (χ3n) is 4.07. The molecule has 1 aliphatic rings. The molecule has 1 fully saturated rings. The summed E-state index contributed by atoms with van der Waals surface area (Å²) in [6.07, 6.45) is 2.34. The average molecular weight is 377 g/mol. The highest BCUT2D eigenvalue weighted by Gasteiger charge is 2.36. The molecule has 0 aliphatic carbocycles. The molecular weight excluding hydrogens is 352 g/mol. The van der Waals surface area contributed by atoms with Crippen LogP contribution in [0.5, 0.6) is 5.75 Å². The van der Waals surface area contributed by atoms with E-state index in [-0.39, 0.29) is 6.04 Å². The minimum Gasteiger partial charge on any atom is -0.494 e. The molecule has 0 radical (unpaired) electrons. The Morgan fingerprint density at radius 3 is 2.71 bits per heavy atom. The van der Waals surface area contributed by atoms with Crippen molar-refractivity contribution >= 4 is 21.8 Å². The average Bonchev–Trinajstić information content (AvgIpc) is 3.02. The first-order valence-electron chi connectivity index (χ1n) is 8.05. The highest BCUT2D eigenvalue weighted by Crippen LogP contribution is 2.23. The first-order chi connectivity index (χ1) is 11.4. The second-order valence-corrected chi connectivity index (χ2v) is 8.27. The van der Waals surface area contributed by atoms with Crippen LogP contribution < -0.4 is 4.74 Å². The molecule has 0 saturated carbocycles. The monoisotopic (exact) mass is 376 g/mol. The molecule has 0 N–H and O–H groups in total. The van der Waals surface area contributed by atoms with E-state index >= 15 is 0 Å². The maximum atomic E-state index is 12.7. The van der Waals surface area contributed by atoms with Gasteiger partial charge in [0.1, 0.15) is 5.75 Å². The maximum absolute atomic E-state index is 12.7. The highest BCUT2D eigenvalue weighted by molar-refractivity contribution is 7.86. The molecule has 0 spiro atoms. The van der Waals surface area contributed by atoms with Gasteiger partial charge in [-0.15, -0.1) is 0 Å². The number of halogens is 1. The Morgan fingerprint density at radius 1 is 1.33 bits per heavy atom. The Kier molecular flexibility index (Phi) is 7.31. The summed E-state index contributed by atoms with van der Waals surface area (Å²) in [6.45, 7) is 1.85. The molecule has 1 aromatic rings. The van der Waals surface area contributed by atoms with E-state index in [0.29, 0.717) is 37.7 Å². The van der Waals surface area contributed by atoms with E-state index in [9.17, 15) is 8.42 Å². The van der Waals surface area contributed by atoms with Crippen LogP contribution in [0.3, 0.4) is 0 Å². The molecule has 1 heterocycles. The van der Waals surface area contributed by atoms with Crippen LogP contribution in [-0.2, 0) is 14.9 Å². The summed E-state index contributed by atoms with van der Waals surface area (Å²) in [7, 11) is -0.238. The third kappa shape index (κ3) is 5.07. The molecule has 6 nitrogen and oxygen atoms in total. The second-order valence-electron chi connectivity index (χ2n) is 5.85. The number of benzene rings is 1. The lowest BCUT2D eigenvalue weighted by Crippen LogP contribution is -2.46. The fraction of sp³-hybridized carbons (Fsp3) is 0.625. The van der Waals surface area contributed by atoms with Crippen LogP contribution in [0.25, 0.3) is 0 Å². The van der Waals surface area contributed by atoms with Crippen molar-refractivity contribution in [3.05, 3.63) is 29.3 Å². The molecule has 1 atom stereocenters. The normalized spacial score (nSPS) is 19.1. The van der Waals surface area contributed by atoms with Gasteiger partial charge in [0.05, 0.1) is 13.2 Å². The van der Waals surface area contributed by atoms with E-state index in [1.54, 1.807) is 42.7 Å². The van der Waals surface area contributed by atoms with Crippen molar-refractivity contribution in [1.82, 2.24) is 8.61 Å². The van der Waals surface area contributed by atoms with Crippen molar-refractivity contribution in [2.24, 2.45) is 0 Å². The number of hydrogen-bond acceptors (Lipinski definition) is 4. The van der Waals surface area contributed by atoms with Crippen LogP contribution in [0.15, 0.2) is 24.3 Å². The first-order valence-corrected chi connectivity index (χ1v) is 9.83. The zero-order chi connectivity index (χ0) is 17.6. The van der Waals surface area contributed by atoms with Gasteiger partial charge in [-0.25, -0.2) is 0 Å². The second kappa shape index (κ2) is 9.01. The molecule has 2 rings (SSSR count). The summed E-state index contributed by atoms with van der Waals surface area (Å²) in [5.74, 6) is 0.726. The van der Waals surface area contributed by atoms with Gasteiger partial charge in [0.25, 0.3) is 10.2 Å². The van der Waals surface area contributed by atoms with Crippen molar-refractivity contribution in [1.29, 1.82) is 0 Å². The van der Waals surface area contributed by atoms with Gasteiger partial charge < -0.3 is 9.47 Å². The SMILES string of the molecule is COCC1CCCN1S(=O)(=O)N(C)CCCOc1ccc(Cl)cc1.